The van der Waals surface area contributed by atoms with Gasteiger partial charge in [-0.1, -0.05) is 13.0 Å². The van der Waals surface area contributed by atoms with Gasteiger partial charge in [-0.05, 0) is 37.0 Å². The fraction of sp³-hybridized carbons (Fsp3) is 0.571. The van der Waals surface area contributed by atoms with E-state index in [1.54, 1.807) is 7.11 Å². The number of ether oxygens (including phenoxy) is 1. The summed E-state index contributed by atoms with van der Waals surface area (Å²) >= 11 is 0. The second-order valence-electron chi connectivity index (χ2n) is 5.20. The lowest BCUT2D eigenvalue weighted by atomic mass is 10.1. The monoisotopic (exact) mass is 234 g/mol. The molecule has 1 aromatic rings. The van der Waals surface area contributed by atoms with Crippen LogP contribution in [0.25, 0.3) is 0 Å². The lowest BCUT2D eigenvalue weighted by Gasteiger charge is -2.21. The van der Waals surface area contributed by atoms with Crippen LogP contribution in [0.1, 0.15) is 25.8 Å². The van der Waals surface area contributed by atoms with E-state index in [2.05, 4.69) is 24.8 Å². The van der Waals surface area contributed by atoms with Gasteiger partial charge < -0.3 is 10.5 Å². The summed E-state index contributed by atoms with van der Waals surface area (Å²) in [4.78, 5) is 2.52. The fourth-order valence-electron chi connectivity index (χ4n) is 2.72. The molecule has 1 aromatic carbocycles. The molecule has 1 fully saturated rings. The van der Waals surface area contributed by atoms with Gasteiger partial charge in [0, 0.05) is 19.1 Å². The Morgan fingerprint density at radius 1 is 1.41 bits per heavy atom. The van der Waals surface area contributed by atoms with E-state index in [1.807, 2.05) is 12.1 Å². The molecule has 3 heteroatoms. The summed E-state index contributed by atoms with van der Waals surface area (Å²) in [6, 6.07) is 6.75. The molecule has 2 N–H and O–H groups in total. The normalized spacial score (nSPS) is 25.1. The quantitative estimate of drug-likeness (QED) is 0.817. The van der Waals surface area contributed by atoms with E-state index < -0.39 is 0 Å². The third kappa shape index (κ3) is 2.72. The lowest BCUT2D eigenvalue weighted by Crippen LogP contribution is -2.26. The van der Waals surface area contributed by atoms with Crippen LogP contribution in [0.2, 0.25) is 0 Å². The van der Waals surface area contributed by atoms with Crippen molar-refractivity contribution in [3.8, 4) is 5.75 Å². The third-order valence-electron chi connectivity index (χ3n) is 3.59. The number of rotatable bonds is 3. The number of hydrogen-bond donors (Lipinski definition) is 1. The molecule has 3 nitrogen and oxygen atoms in total. The van der Waals surface area contributed by atoms with E-state index in [0.29, 0.717) is 6.04 Å². The molecule has 0 bridgehead atoms. The van der Waals surface area contributed by atoms with Crippen molar-refractivity contribution in [1.82, 2.24) is 4.90 Å². The summed E-state index contributed by atoms with van der Waals surface area (Å²) < 4.78 is 5.17. The Balaban J connectivity index is 2.06. The van der Waals surface area contributed by atoms with Gasteiger partial charge in [-0.15, -0.1) is 0 Å². The Kier molecular flexibility index (Phi) is 3.57. The van der Waals surface area contributed by atoms with Crippen molar-refractivity contribution in [2.45, 2.75) is 32.9 Å². The van der Waals surface area contributed by atoms with Crippen LogP contribution in [0.15, 0.2) is 18.2 Å². The largest absolute Gasteiger partial charge is 0.495 e. The maximum atomic E-state index is 5.92. The van der Waals surface area contributed by atoms with Crippen LogP contribution in [-0.4, -0.2) is 24.6 Å². The maximum absolute atomic E-state index is 5.92. The van der Waals surface area contributed by atoms with Crippen LogP contribution in [0.5, 0.6) is 5.75 Å². The number of likely N-dealkylation sites (tertiary alicyclic amines) is 1. The molecule has 0 aromatic heterocycles. The summed E-state index contributed by atoms with van der Waals surface area (Å²) in [6.07, 6.45) is 1.30. The number of anilines is 1. The van der Waals surface area contributed by atoms with Gasteiger partial charge in [0.25, 0.3) is 0 Å². The zero-order valence-electron chi connectivity index (χ0n) is 10.9. The SMILES string of the molecule is COc1ccc(CN2CC(C)CC2C)cc1N. The Hall–Kier alpha value is -1.22. The second kappa shape index (κ2) is 4.96. The minimum Gasteiger partial charge on any atom is -0.495 e. The van der Waals surface area contributed by atoms with Crippen molar-refractivity contribution in [1.29, 1.82) is 0 Å². The van der Waals surface area contributed by atoms with Crippen molar-refractivity contribution in [3.63, 3.8) is 0 Å². The van der Waals surface area contributed by atoms with Gasteiger partial charge in [0.05, 0.1) is 12.8 Å². The zero-order valence-corrected chi connectivity index (χ0v) is 10.9. The molecule has 0 radical (unpaired) electrons. The molecular weight excluding hydrogens is 212 g/mol. The minimum atomic E-state index is 0.674. The van der Waals surface area contributed by atoms with E-state index in [9.17, 15) is 0 Å². The predicted octanol–water partition coefficient (Wildman–Crippen LogP) is 2.51. The van der Waals surface area contributed by atoms with Gasteiger partial charge in [0.1, 0.15) is 5.75 Å². The first-order chi connectivity index (χ1) is 8.10. The average molecular weight is 234 g/mol. The Morgan fingerprint density at radius 3 is 2.71 bits per heavy atom. The Morgan fingerprint density at radius 2 is 2.18 bits per heavy atom. The van der Waals surface area contributed by atoms with Gasteiger partial charge in [0.15, 0.2) is 0 Å². The third-order valence-corrected chi connectivity index (χ3v) is 3.59. The van der Waals surface area contributed by atoms with Crippen molar-refractivity contribution < 1.29 is 4.74 Å². The van der Waals surface area contributed by atoms with Gasteiger partial charge in [0.2, 0.25) is 0 Å². The number of hydrogen-bond acceptors (Lipinski definition) is 3. The maximum Gasteiger partial charge on any atom is 0.141 e. The minimum absolute atomic E-state index is 0.674. The lowest BCUT2D eigenvalue weighted by molar-refractivity contribution is 0.256. The van der Waals surface area contributed by atoms with E-state index >= 15 is 0 Å². The highest BCUT2D eigenvalue weighted by Crippen LogP contribution is 2.27. The molecule has 0 spiro atoms. The highest BCUT2D eigenvalue weighted by Gasteiger charge is 2.25. The molecule has 0 saturated carbocycles. The van der Waals surface area contributed by atoms with Crippen LogP contribution >= 0.6 is 0 Å². The highest BCUT2D eigenvalue weighted by molar-refractivity contribution is 5.54. The van der Waals surface area contributed by atoms with Crippen LogP contribution in [0, 0.1) is 5.92 Å². The van der Waals surface area contributed by atoms with Crippen molar-refractivity contribution in [3.05, 3.63) is 23.8 Å². The van der Waals surface area contributed by atoms with E-state index in [0.717, 1.165) is 23.9 Å². The highest BCUT2D eigenvalue weighted by atomic mass is 16.5. The summed E-state index contributed by atoms with van der Waals surface area (Å²) in [5.74, 6) is 1.57. The molecule has 2 rings (SSSR count). The predicted molar refractivity (Wildman–Crippen MR) is 71.1 cm³/mol. The topological polar surface area (TPSA) is 38.5 Å². The van der Waals surface area contributed by atoms with E-state index in [4.69, 9.17) is 10.5 Å². The number of benzene rings is 1. The average Bonchev–Trinajstić information content (AvgIpc) is 2.58. The van der Waals surface area contributed by atoms with Gasteiger partial charge >= 0.3 is 0 Å². The molecule has 94 valence electrons. The molecule has 1 saturated heterocycles. The molecule has 1 heterocycles. The molecule has 1 aliphatic heterocycles. The molecule has 0 aliphatic carbocycles. The number of nitrogens with two attached hydrogens (primary N) is 1. The van der Waals surface area contributed by atoms with Crippen LogP contribution in [-0.2, 0) is 6.54 Å². The van der Waals surface area contributed by atoms with Gasteiger partial charge in [-0.25, -0.2) is 0 Å². The van der Waals surface area contributed by atoms with Gasteiger partial charge in [-0.3, -0.25) is 4.90 Å². The van der Waals surface area contributed by atoms with Crippen molar-refractivity contribution in [2.24, 2.45) is 5.92 Å². The van der Waals surface area contributed by atoms with Crippen molar-refractivity contribution in [2.75, 3.05) is 19.4 Å². The Labute approximate surface area is 104 Å². The fourth-order valence-corrected chi connectivity index (χ4v) is 2.72. The van der Waals surface area contributed by atoms with Crippen LogP contribution < -0.4 is 10.5 Å². The van der Waals surface area contributed by atoms with E-state index in [-0.39, 0.29) is 0 Å². The first-order valence-electron chi connectivity index (χ1n) is 6.26. The second-order valence-corrected chi connectivity index (χ2v) is 5.20. The smallest absolute Gasteiger partial charge is 0.141 e. The summed E-state index contributed by atoms with van der Waals surface area (Å²) in [5.41, 5.74) is 7.92. The summed E-state index contributed by atoms with van der Waals surface area (Å²) in [7, 11) is 1.65. The van der Waals surface area contributed by atoms with Crippen LogP contribution in [0.4, 0.5) is 5.69 Å². The molecule has 17 heavy (non-hydrogen) atoms. The summed E-state index contributed by atoms with van der Waals surface area (Å²) in [5, 5.41) is 0. The first kappa shape index (κ1) is 12.2. The van der Waals surface area contributed by atoms with Crippen LogP contribution in [0.3, 0.4) is 0 Å². The molecule has 1 aliphatic rings. The molecule has 0 amide bonds. The number of methoxy groups -OCH3 is 1. The first-order valence-corrected chi connectivity index (χ1v) is 6.26. The molecular formula is C14H22N2O. The van der Waals surface area contributed by atoms with Gasteiger partial charge in [-0.2, -0.15) is 0 Å². The molecule has 2 unspecified atom stereocenters. The summed E-state index contributed by atoms with van der Waals surface area (Å²) in [6.45, 7) is 6.79. The number of nitrogen functional groups attached to an aromatic ring is 1. The van der Waals surface area contributed by atoms with Crippen molar-refractivity contribution >= 4 is 5.69 Å². The Bertz CT molecular complexity index is 392. The standard InChI is InChI=1S/C14H22N2O/c1-10-6-11(2)16(8-10)9-12-4-5-14(17-3)13(15)7-12/h4-5,7,10-11H,6,8-9,15H2,1-3H3. The number of nitrogens with zero attached hydrogens (tertiary/aromatic N) is 1. The zero-order chi connectivity index (χ0) is 12.4. The van der Waals surface area contributed by atoms with E-state index in [1.165, 1.54) is 18.5 Å². The molecule has 2 atom stereocenters.